The molecular formula is C17H26ClN3O. The normalized spacial score (nSPS) is 11.7. The van der Waals surface area contributed by atoms with E-state index < -0.39 is 0 Å². The quantitative estimate of drug-likeness (QED) is 0.769. The number of aryl methyl sites for hydroxylation is 2. The fourth-order valence-corrected chi connectivity index (χ4v) is 2.99. The Morgan fingerprint density at radius 2 is 2.00 bits per heavy atom. The monoisotopic (exact) mass is 323 g/mol. The van der Waals surface area contributed by atoms with E-state index in [1.807, 2.05) is 18.2 Å². The van der Waals surface area contributed by atoms with Crippen molar-refractivity contribution in [1.82, 2.24) is 14.5 Å². The summed E-state index contributed by atoms with van der Waals surface area (Å²) in [5.41, 5.74) is 2.08. The SMILES string of the molecule is CCN(CC)CCCn1c(CCCO)nc2cc(Cl)ccc21. The highest BCUT2D eigenvalue weighted by Gasteiger charge is 2.11. The molecule has 1 aromatic carbocycles. The fraction of sp³-hybridized carbons (Fsp3) is 0.588. The van der Waals surface area contributed by atoms with Crippen LogP contribution in [0.5, 0.6) is 0 Å². The largest absolute Gasteiger partial charge is 0.396 e. The van der Waals surface area contributed by atoms with Crippen LogP contribution in [0, 0.1) is 0 Å². The number of fused-ring (bicyclic) bond motifs is 1. The van der Waals surface area contributed by atoms with Crippen LogP contribution in [0.2, 0.25) is 5.02 Å². The summed E-state index contributed by atoms with van der Waals surface area (Å²) in [7, 11) is 0. The van der Waals surface area contributed by atoms with Crippen LogP contribution in [0.1, 0.15) is 32.5 Å². The van der Waals surface area contributed by atoms with Crippen LogP contribution in [0.15, 0.2) is 18.2 Å². The van der Waals surface area contributed by atoms with E-state index in [9.17, 15) is 0 Å². The molecule has 0 aliphatic heterocycles. The number of halogens is 1. The number of rotatable bonds is 9. The van der Waals surface area contributed by atoms with Gasteiger partial charge in [0.2, 0.25) is 0 Å². The number of aliphatic hydroxyl groups excluding tert-OH is 1. The van der Waals surface area contributed by atoms with Gasteiger partial charge in [0.05, 0.1) is 11.0 Å². The third-order valence-electron chi connectivity index (χ3n) is 4.10. The van der Waals surface area contributed by atoms with Crippen LogP contribution in [-0.4, -0.2) is 45.8 Å². The Kier molecular flexibility index (Phi) is 6.68. The Labute approximate surface area is 137 Å². The van der Waals surface area contributed by atoms with Crippen molar-refractivity contribution < 1.29 is 5.11 Å². The van der Waals surface area contributed by atoms with Gasteiger partial charge in [-0.15, -0.1) is 0 Å². The lowest BCUT2D eigenvalue weighted by Gasteiger charge is -2.18. The van der Waals surface area contributed by atoms with Crippen LogP contribution in [-0.2, 0) is 13.0 Å². The molecule has 0 aliphatic rings. The Bertz CT molecular complexity index is 593. The second kappa shape index (κ2) is 8.51. The molecule has 4 nitrogen and oxygen atoms in total. The van der Waals surface area contributed by atoms with Crippen molar-refractivity contribution in [1.29, 1.82) is 0 Å². The molecule has 5 heteroatoms. The lowest BCUT2D eigenvalue weighted by atomic mass is 10.3. The van der Waals surface area contributed by atoms with E-state index in [0.29, 0.717) is 5.02 Å². The maximum absolute atomic E-state index is 9.09. The molecule has 0 aliphatic carbocycles. The first-order chi connectivity index (χ1) is 10.7. The molecule has 0 bridgehead atoms. The van der Waals surface area contributed by atoms with Gasteiger partial charge in [-0.2, -0.15) is 0 Å². The van der Waals surface area contributed by atoms with Crippen molar-refractivity contribution in [3.63, 3.8) is 0 Å². The molecule has 1 heterocycles. The molecule has 1 aromatic heterocycles. The van der Waals surface area contributed by atoms with Crippen LogP contribution >= 0.6 is 11.6 Å². The molecule has 122 valence electrons. The molecule has 0 spiro atoms. The highest BCUT2D eigenvalue weighted by molar-refractivity contribution is 6.31. The molecule has 2 aromatic rings. The van der Waals surface area contributed by atoms with Crippen LogP contribution in [0.3, 0.4) is 0 Å². The van der Waals surface area contributed by atoms with E-state index >= 15 is 0 Å². The van der Waals surface area contributed by atoms with Crippen LogP contribution in [0.25, 0.3) is 11.0 Å². The van der Waals surface area contributed by atoms with Gasteiger partial charge in [0, 0.05) is 24.6 Å². The summed E-state index contributed by atoms with van der Waals surface area (Å²) in [6.45, 7) is 8.83. The molecule has 2 rings (SSSR count). The maximum atomic E-state index is 9.09. The number of imidazole rings is 1. The van der Waals surface area contributed by atoms with Gasteiger partial charge in [0.1, 0.15) is 5.82 Å². The minimum atomic E-state index is 0.198. The molecule has 0 unspecified atom stereocenters. The highest BCUT2D eigenvalue weighted by Crippen LogP contribution is 2.21. The lowest BCUT2D eigenvalue weighted by molar-refractivity contribution is 0.284. The molecule has 0 saturated carbocycles. The topological polar surface area (TPSA) is 41.3 Å². The minimum absolute atomic E-state index is 0.198. The predicted molar refractivity (Wildman–Crippen MR) is 92.6 cm³/mol. The molecule has 22 heavy (non-hydrogen) atoms. The summed E-state index contributed by atoms with van der Waals surface area (Å²) >= 11 is 6.07. The molecule has 1 N–H and O–H groups in total. The van der Waals surface area contributed by atoms with Gasteiger partial charge in [-0.3, -0.25) is 0 Å². The van der Waals surface area contributed by atoms with Crippen LogP contribution < -0.4 is 0 Å². The van der Waals surface area contributed by atoms with Crippen molar-refractivity contribution in [2.24, 2.45) is 0 Å². The second-order valence-corrected chi connectivity index (χ2v) is 5.96. The second-order valence-electron chi connectivity index (χ2n) is 5.52. The third-order valence-corrected chi connectivity index (χ3v) is 4.33. The summed E-state index contributed by atoms with van der Waals surface area (Å²) < 4.78 is 2.28. The van der Waals surface area contributed by atoms with Gasteiger partial charge in [0.15, 0.2) is 0 Å². The van der Waals surface area contributed by atoms with Crippen molar-refractivity contribution in [3.05, 3.63) is 29.0 Å². The minimum Gasteiger partial charge on any atom is -0.396 e. The summed E-state index contributed by atoms with van der Waals surface area (Å²) in [5, 5.41) is 9.80. The number of hydrogen-bond donors (Lipinski definition) is 1. The van der Waals surface area contributed by atoms with E-state index in [1.54, 1.807) is 0 Å². The zero-order chi connectivity index (χ0) is 15.9. The molecular weight excluding hydrogens is 298 g/mol. The molecule has 0 saturated heterocycles. The lowest BCUT2D eigenvalue weighted by Crippen LogP contribution is -2.25. The van der Waals surface area contributed by atoms with E-state index in [4.69, 9.17) is 21.7 Å². The van der Waals surface area contributed by atoms with Gasteiger partial charge in [-0.05, 0) is 50.7 Å². The van der Waals surface area contributed by atoms with Crippen molar-refractivity contribution in [2.45, 2.75) is 39.7 Å². The van der Waals surface area contributed by atoms with Gasteiger partial charge in [-0.1, -0.05) is 25.4 Å². The number of aromatic nitrogens is 2. The molecule has 0 atom stereocenters. The summed E-state index contributed by atoms with van der Waals surface area (Å²) in [4.78, 5) is 7.14. The third kappa shape index (κ3) is 4.22. The predicted octanol–water partition coefficient (Wildman–Crippen LogP) is 3.35. The fourth-order valence-electron chi connectivity index (χ4n) is 2.82. The zero-order valence-corrected chi connectivity index (χ0v) is 14.3. The average molecular weight is 324 g/mol. The Morgan fingerprint density at radius 1 is 1.23 bits per heavy atom. The van der Waals surface area contributed by atoms with E-state index in [2.05, 4.69) is 23.3 Å². The zero-order valence-electron chi connectivity index (χ0n) is 13.6. The molecule has 0 fully saturated rings. The Hall–Kier alpha value is -1.10. The first-order valence-electron chi connectivity index (χ1n) is 8.17. The summed E-state index contributed by atoms with van der Waals surface area (Å²) in [6, 6.07) is 5.88. The van der Waals surface area contributed by atoms with Crippen molar-refractivity contribution in [3.8, 4) is 0 Å². The first-order valence-corrected chi connectivity index (χ1v) is 8.55. The molecule has 0 radical (unpaired) electrons. The summed E-state index contributed by atoms with van der Waals surface area (Å²) in [6.07, 6.45) is 2.64. The van der Waals surface area contributed by atoms with E-state index in [1.165, 1.54) is 0 Å². The number of benzene rings is 1. The summed E-state index contributed by atoms with van der Waals surface area (Å²) in [5.74, 6) is 1.05. The van der Waals surface area contributed by atoms with Crippen molar-refractivity contribution >= 4 is 22.6 Å². The van der Waals surface area contributed by atoms with Gasteiger partial charge < -0.3 is 14.6 Å². The van der Waals surface area contributed by atoms with E-state index in [-0.39, 0.29) is 6.61 Å². The standard InChI is InChI=1S/C17H26ClN3O/c1-3-20(4-2)10-6-11-21-16-9-8-14(18)13-15(16)19-17(21)7-5-12-22/h8-9,13,22H,3-7,10-12H2,1-2H3. The van der Waals surface area contributed by atoms with E-state index in [0.717, 1.165) is 62.3 Å². The number of nitrogens with zero attached hydrogens (tertiary/aromatic N) is 3. The Morgan fingerprint density at radius 3 is 2.68 bits per heavy atom. The smallest absolute Gasteiger partial charge is 0.109 e. The first kappa shape index (κ1) is 17.3. The van der Waals surface area contributed by atoms with Crippen molar-refractivity contribution in [2.75, 3.05) is 26.2 Å². The van der Waals surface area contributed by atoms with Gasteiger partial charge in [0.25, 0.3) is 0 Å². The average Bonchev–Trinajstić information content (AvgIpc) is 2.86. The Balaban J connectivity index is 2.17. The number of hydrogen-bond acceptors (Lipinski definition) is 3. The van der Waals surface area contributed by atoms with Crippen LogP contribution in [0.4, 0.5) is 0 Å². The maximum Gasteiger partial charge on any atom is 0.109 e. The number of aliphatic hydroxyl groups is 1. The highest BCUT2D eigenvalue weighted by atomic mass is 35.5. The molecule has 0 amide bonds. The van der Waals surface area contributed by atoms with Gasteiger partial charge >= 0.3 is 0 Å². The van der Waals surface area contributed by atoms with Gasteiger partial charge in [-0.25, -0.2) is 4.98 Å².